The predicted octanol–water partition coefficient (Wildman–Crippen LogP) is 0.308. The molecule has 0 radical (unpaired) electrons. The van der Waals surface area contributed by atoms with Gasteiger partial charge in [0.15, 0.2) is 0 Å². The Morgan fingerprint density at radius 1 is 1.86 bits per heavy atom. The lowest BCUT2D eigenvalue weighted by Crippen LogP contribution is -2.57. The van der Waals surface area contributed by atoms with Gasteiger partial charge in [0.2, 0.25) is 5.91 Å². The van der Waals surface area contributed by atoms with Crippen LogP contribution in [0, 0.1) is 0 Å². The third-order valence-electron chi connectivity index (χ3n) is 1.06. The van der Waals surface area contributed by atoms with Gasteiger partial charge in [-0.3, -0.25) is 4.79 Å². The van der Waals surface area contributed by atoms with Gasteiger partial charge in [-0.1, -0.05) is 22.6 Å². The maximum atomic E-state index is 10.3. The zero-order chi connectivity index (χ0) is 5.44. The number of halogens is 1. The highest BCUT2D eigenvalue weighted by molar-refractivity contribution is 14.1. The summed E-state index contributed by atoms with van der Waals surface area (Å²) < 4.78 is 0.220. The van der Waals surface area contributed by atoms with E-state index in [0.717, 1.165) is 0 Å². The third kappa shape index (κ3) is 0.735. The van der Waals surface area contributed by atoms with Crippen molar-refractivity contribution in [2.45, 2.75) is 16.9 Å². The van der Waals surface area contributed by atoms with Crippen molar-refractivity contribution in [1.82, 2.24) is 5.32 Å². The summed E-state index contributed by atoms with van der Waals surface area (Å²) in [6.07, 6.45) is 0. The molecule has 0 saturated carbocycles. The molecule has 7 heavy (non-hydrogen) atoms. The van der Waals surface area contributed by atoms with Gasteiger partial charge in [-0.2, -0.15) is 0 Å². The largest absolute Gasteiger partial charge is 0.351 e. The van der Waals surface area contributed by atoms with Gasteiger partial charge in [-0.25, -0.2) is 0 Å². The van der Waals surface area contributed by atoms with Crippen molar-refractivity contribution in [3.05, 3.63) is 0 Å². The number of carbonyl (C=O) groups is 1. The number of alkyl halides is 1. The van der Waals surface area contributed by atoms with Crippen LogP contribution in [-0.4, -0.2) is 15.9 Å². The number of β-lactam (4-membered cyclic amide) rings is 1. The Labute approximate surface area is 55.8 Å². The molecule has 1 fully saturated rings. The zero-order valence-corrected chi connectivity index (χ0v) is 6.10. The lowest BCUT2D eigenvalue weighted by molar-refractivity contribution is -0.126. The lowest BCUT2D eigenvalue weighted by atomic mass is 10.1. The first-order valence-electron chi connectivity index (χ1n) is 2.16. The van der Waals surface area contributed by atoms with E-state index in [1.54, 1.807) is 0 Å². The molecule has 2 atom stereocenters. The van der Waals surface area contributed by atoms with Crippen LogP contribution >= 0.6 is 22.6 Å². The monoisotopic (exact) mass is 211 g/mol. The van der Waals surface area contributed by atoms with Crippen molar-refractivity contribution >= 4 is 28.5 Å². The lowest BCUT2D eigenvalue weighted by Gasteiger charge is -2.28. The molecule has 1 aliphatic heterocycles. The van der Waals surface area contributed by atoms with E-state index >= 15 is 0 Å². The number of rotatable bonds is 0. The summed E-state index contributed by atoms with van der Waals surface area (Å²) in [7, 11) is 0. The minimum atomic E-state index is 0.174. The molecular formula is C4H6INO. The molecule has 0 bridgehead atoms. The van der Waals surface area contributed by atoms with Gasteiger partial charge in [-0.15, -0.1) is 0 Å². The van der Waals surface area contributed by atoms with Crippen molar-refractivity contribution in [1.29, 1.82) is 0 Å². The summed E-state index contributed by atoms with van der Waals surface area (Å²) in [4.78, 5) is 10.3. The molecule has 1 saturated heterocycles. The molecule has 0 aliphatic carbocycles. The number of hydrogen-bond acceptors (Lipinski definition) is 1. The zero-order valence-electron chi connectivity index (χ0n) is 3.94. The Hall–Kier alpha value is 0.200. The van der Waals surface area contributed by atoms with Crippen LogP contribution in [0.3, 0.4) is 0 Å². The Morgan fingerprint density at radius 3 is 2.43 bits per heavy atom. The van der Waals surface area contributed by atoms with Crippen molar-refractivity contribution in [2.24, 2.45) is 0 Å². The van der Waals surface area contributed by atoms with E-state index in [2.05, 4.69) is 27.9 Å². The van der Waals surface area contributed by atoms with Crippen LogP contribution in [0.1, 0.15) is 6.92 Å². The second-order valence-electron chi connectivity index (χ2n) is 1.70. The minimum Gasteiger partial charge on any atom is -0.351 e. The summed E-state index contributed by atoms with van der Waals surface area (Å²) >= 11 is 2.13. The molecule has 0 aromatic rings. The van der Waals surface area contributed by atoms with Crippen molar-refractivity contribution in [3.63, 3.8) is 0 Å². The summed E-state index contributed by atoms with van der Waals surface area (Å²) in [5.41, 5.74) is 0. The normalized spacial score (nSPS) is 39.4. The Morgan fingerprint density at radius 2 is 2.43 bits per heavy atom. The average Bonchev–Trinajstić information content (AvgIpc) is 1.68. The van der Waals surface area contributed by atoms with Crippen molar-refractivity contribution < 1.29 is 4.79 Å². The van der Waals surface area contributed by atoms with Crippen LogP contribution in [0.15, 0.2) is 0 Å². The van der Waals surface area contributed by atoms with Gasteiger partial charge >= 0.3 is 0 Å². The molecule has 1 amide bonds. The van der Waals surface area contributed by atoms with Crippen LogP contribution in [0.25, 0.3) is 0 Å². The topological polar surface area (TPSA) is 29.1 Å². The fraction of sp³-hybridized carbons (Fsp3) is 0.750. The van der Waals surface area contributed by atoms with Gasteiger partial charge in [0.05, 0.1) is 0 Å². The van der Waals surface area contributed by atoms with Gasteiger partial charge in [0, 0.05) is 6.04 Å². The van der Waals surface area contributed by atoms with Crippen LogP contribution in [0.2, 0.25) is 0 Å². The SMILES string of the molecule is C[C@H]1NC(=O)[C@H]1I. The summed E-state index contributed by atoms with van der Waals surface area (Å²) in [5, 5.41) is 2.71. The predicted molar refractivity (Wildman–Crippen MR) is 35.4 cm³/mol. The van der Waals surface area contributed by atoms with E-state index in [1.807, 2.05) is 6.92 Å². The Kier molecular flexibility index (Phi) is 1.23. The number of hydrogen-bond donors (Lipinski definition) is 1. The molecule has 1 rings (SSSR count). The van der Waals surface area contributed by atoms with Gasteiger partial charge < -0.3 is 5.32 Å². The number of nitrogens with one attached hydrogen (secondary N) is 1. The molecule has 0 spiro atoms. The van der Waals surface area contributed by atoms with Crippen LogP contribution in [0.5, 0.6) is 0 Å². The molecular weight excluding hydrogens is 205 g/mol. The van der Waals surface area contributed by atoms with E-state index in [4.69, 9.17) is 0 Å². The maximum absolute atomic E-state index is 10.3. The summed E-state index contributed by atoms with van der Waals surface area (Å²) in [5.74, 6) is 0.174. The fourth-order valence-corrected chi connectivity index (χ4v) is 0.868. The van der Waals surface area contributed by atoms with Gasteiger partial charge in [-0.05, 0) is 6.92 Å². The van der Waals surface area contributed by atoms with Crippen LogP contribution in [0.4, 0.5) is 0 Å². The number of amides is 1. The summed E-state index contributed by atoms with van der Waals surface area (Å²) in [6.45, 7) is 2.00. The first kappa shape index (κ1) is 5.34. The Balaban J connectivity index is 2.43. The number of carbonyl (C=O) groups excluding carboxylic acids is 1. The van der Waals surface area contributed by atoms with Gasteiger partial charge in [0.25, 0.3) is 0 Å². The molecule has 0 unspecified atom stereocenters. The standard InChI is InChI=1S/C4H6INO/c1-2-3(5)4(7)6-2/h2-3H,1H3,(H,6,7)/t2-,3+/m1/s1. The molecule has 1 aliphatic rings. The maximum Gasteiger partial charge on any atom is 0.235 e. The third-order valence-corrected chi connectivity index (χ3v) is 2.70. The van der Waals surface area contributed by atoms with Crippen molar-refractivity contribution in [2.75, 3.05) is 0 Å². The fourth-order valence-electron chi connectivity index (χ4n) is 0.508. The molecule has 3 heteroatoms. The highest BCUT2D eigenvalue weighted by Gasteiger charge is 2.32. The highest BCUT2D eigenvalue weighted by atomic mass is 127. The van der Waals surface area contributed by atoms with Crippen LogP contribution in [-0.2, 0) is 4.79 Å². The quantitative estimate of drug-likeness (QED) is 0.348. The molecule has 1 heterocycles. The smallest absolute Gasteiger partial charge is 0.235 e. The average molecular weight is 211 g/mol. The molecule has 0 aromatic heterocycles. The molecule has 2 nitrogen and oxygen atoms in total. The first-order chi connectivity index (χ1) is 3.22. The van der Waals surface area contributed by atoms with E-state index < -0.39 is 0 Å². The Bertz CT molecular complexity index is 104. The van der Waals surface area contributed by atoms with Gasteiger partial charge in [0.1, 0.15) is 3.92 Å². The molecule has 0 aromatic carbocycles. The first-order valence-corrected chi connectivity index (χ1v) is 3.41. The van der Waals surface area contributed by atoms with Crippen LogP contribution < -0.4 is 5.32 Å². The molecule has 1 N–H and O–H groups in total. The van der Waals surface area contributed by atoms with Crippen molar-refractivity contribution in [3.8, 4) is 0 Å². The summed E-state index contributed by atoms with van der Waals surface area (Å²) in [6, 6.07) is 0.396. The minimum absolute atomic E-state index is 0.174. The highest BCUT2D eigenvalue weighted by Crippen LogP contribution is 2.14. The van der Waals surface area contributed by atoms with E-state index in [0.29, 0.717) is 6.04 Å². The van der Waals surface area contributed by atoms with E-state index in [-0.39, 0.29) is 9.83 Å². The van der Waals surface area contributed by atoms with E-state index in [1.165, 1.54) is 0 Å². The second kappa shape index (κ2) is 1.61. The molecule has 40 valence electrons. The second-order valence-corrected chi connectivity index (χ2v) is 3.04. The van der Waals surface area contributed by atoms with E-state index in [9.17, 15) is 4.79 Å².